The summed E-state index contributed by atoms with van der Waals surface area (Å²) in [6, 6.07) is 19.7. The minimum absolute atomic E-state index is 0.303. The van der Waals surface area contributed by atoms with Gasteiger partial charge in [0.25, 0.3) is 0 Å². The minimum atomic E-state index is -0.379. The molecule has 0 saturated carbocycles. The molecule has 7 heteroatoms. The molecule has 6 nitrogen and oxygen atoms in total. The average Bonchev–Trinajstić information content (AvgIpc) is 3.44. The van der Waals surface area contributed by atoms with Gasteiger partial charge in [-0.2, -0.15) is 5.26 Å². The number of ether oxygens (including phenoxy) is 2. The number of ketones is 2. The van der Waals surface area contributed by atoms with Gasteiger partial charge in [-0.25, -0.2) is 0 Å². The normalized spacial score (nSPS) is 18.0. The van der Waals surface area contributed by atoms with Crippen LogP contribution in [0.5, 0.6) is 0 Å². The number of hydrogen-bond donors (Lipinski definition) is 0. The van der Waals surface area contributed by atoms with Crippen LogP contribution in [-0.2, 0) is 57.6 Å². The number of aldehydes is 1. The summed E-state index contributed by atoms with van der Waals surface area (Å²) in [6.07, 6.45) is 7.74. The Labute approximate surface area is 248 Å². The molecule has 41 heavy (non-hydrogen) atoms. The highest BCUT2D eigenvalue weighted by molar-refractivity contribution is 9.10. The van der Waals surface area contributed by atoms with E-state index in [9.17, 15) is 14.4 Å². The van der Waals surface area contributed by atoms with Crippen LogP contribution < -0.4 is 0 Å². The van der Waals surface area contributed by atoms with Crippen molar-refractivity contribution in [2.75, 3.05) is 13.2 Å². The SMILES string of the molecule is N#Cc1ccc2c(c1)CCC(=O)C2.O=C1CCc2cc(Br)ccc2C1.O=Cc1ccc2c(c1)CCC1(C2)OCCO1. The van der Waals surface area contributed by atoms with Gasteiger partial charge in [0.15, 0.2) is 5.79 Å². The Morgan fingerprint density at radius 2 is 1.34 bits per heavy atom. The largest absolute Gasteiger partial charge is 0.347 e. The fourth-order valence-electron chi connectivity index (χ4n) is 5.82. The quantitative estimate of drug-likeness (QED) is 0.319. The summed E-state index contributed by atoms with van der Waals surface area (Å²) >= 11 is 3.42. The van der Waals surface area contributed by atoms with Crippen molar-refractivity contribution in [1.29, 1.82) is 5.26 Å². The van der Waals surface area contributed by atoms with Crippen LogP contribution in [0.2, 0.25) is 0 Å². The first-order valence-electron chi connectivity index (χ1n) is 14.0. The zero-order valence-corrected chi connectivity index (χ0v) is 24.5. The number of carbonyl (C=O) groups is 3. The predicted octanol–water partition coefficient (Wildman–Crippen LogP) is 5.85. The van der Waals surface area contributed by atoms with E-state index in [0.717, 1.165) is 54.0 Å². The molecule has 4 aliphatic rings. The lowest BCUT2D eigenvalue weighted by Gasteiger charge is -2.32. The fourth-order valence-corrected chi connectivity index (χ4v) is 6.23. The molecule has 1 aliphatic heterocycles. The summed E-state index contributed by atoms with van der Waals surface area (Å²) < 4.78 is 12.5. The van der Waals surface area contributed by atoms with Crippen LogP contribution in [0, 0.1) is 11.3 Å². The Bertz CT molecular complexity index is 1520. The molecule has 0 radical (unpaired) electrons. The van der Waals surface area contributed by atoms with Gasteiger partial charge in [0.1, 0.15) is 17.9 Å². The molecule has 0 unspecified atom stereocenters. The van der Waals surface area contributed by atoms with Gasteiger partial charge in [-0.3, -0.25) is 14.4 Å². The second kappa shape index (κ2) is 13.0. The lowest BCUT2D eigenvalue weighted by Crippen LogP contribution is -2.36. The van der Waals surface area contributed by atoms with Crippen LogP contribution in [0.25, 0.3) is 0 Å². The maximum absolute atomic E-state index is 11.1. The van der Waals surface area contributed by atoms with Crippen molar-refractivity contribution in [3.05, 3.63) is 104 Å². The smallest absolute Gasteiger partial charge is 0.172 e. The first kappa shape index (κ1) is 29.1. The maximum Gasteiger partial charge on any atom is 0.172 e. The Hall–Kier alpha value is -3.44. The molecule has 1 saturated heterocycles. The van der Waals surface area contributed by atoms with Crippen molar-refractivity contribution < 1.29 is 23.9 Å². The van der Waals surface area contributed by atoms with Crippen LogP contribution >= 0.6 is 15.9 Å². The molecule has 210 valence electrons. The number of rotatable bonds is 1. The van der Waals surface area contributed by atoms with E-state index in [0.29, 0.717) is 56.0 Å². The molecule has 0 atom stereocenters. The molecule has 0 N–H and O–H groups in total. The number of aryl methyl sites for hydroxylation is 3. The number of nitriles is 1. The molecule has 1 heterocycles. The van der Waals surface area contributed by atoms with Gasteiger partial charge in [-0.15, -0.1) is 0 Å². The Morgan fingerprint density at radius 1 is 0.732 bits per heavy atom. The average molecular weight is 615 g/mol. The molecule has 1 fully saturated rings. The van der Waals surface area contributed by atoms with Crippen molar-refractivity contribution in [2.24, 2.45) is 0 Å². The molecule has 0 amide bonds. The monoisotopic (exact) mass is 613 g/mol. The fraction of sp³-hybridized carbons (Fsp3) is 0.353. The third-order valence-electron chi connectivity index (χ3n) is 8.04. The molecular formula is C34H32BrNO5. The molecule has 0 aromatic heterocycles. The zero-order chi connectivity index (χ0) is 28.8. The third kappa shape index (κ3) is 7.26. The number of carbonyl (C=O) groups excluding carboxylic acids is 3. The van der Waals surface area contributed by atoms with E-state index >= 15 is 0 Å². The summed E-state index contributed by atoms with van der Waals surface area (Å²) in [6.45, 7) is 1.39. The summed E-state index contributed by atoms with van der Waals surface area (Å²) in [4.78, 5) is 32.9. The van der Waals surface area contributed by atoms with Gasteiger partial charge in [0.05, 0.1) is 24.8 Å². The molecule has 3 aromatic rings. The van der Waals surface area contributed by atoms with Crippen LogP contribution in [0.15, 0.2) is 59.1 Å². The van der Waals surface area contributed by atoms with Gasteiger partial charge in [0, 0.05) is 48.6 Å². The van der Waals surface area contributed by atoms with Gasteiger partial charge < -0.3 is 9.47 Å². The van der Waals surface area contributed by atoms with Crippen molar-refractivity contribution >= 4 is 33.8 Å². The van der Waals surface area contributed by atoms with Crippen molar-refractivity contribution in [3.8, 4) is 6.07 Å². The number of fused-ring (bicyclic) bond motifs is 3. The predicted molar refractivity (Wildman–Crippen MR) is 158 cm³/mol. The first-order valence-corrected chi connectivity index (χ1v) is 14.8. The third-order valence-corrected chi connectivity index (χ3v) is 8.53. The summed E-state index contributed by atoms with van der Waals surface area (Å²) in [5, 5.41) is 8.67. The first-order chi connectivity index (χ1) is 19.9. The van der Waals surface area contributed by atoms with Crippen LogP contribution in [0.4, 0.5) is 0 Å². The van der Waals surface area contributed by atoms with Crippen molar-refractivity contribution in [2.45, 2.75) is 63.6 Å². The Morgan fingerprint density at radius 3 is 2.00 bits per heavy atom. The van der Waals surface area contributed by atoms with E-state index in [-0.39, 0.29) is 5.79 Å². The highest BCUT2D eigenvalue weighted by Gasteiger charge is 2.39. The van der Waals surface area contributed by atoms with Gasteiger partial charge in [-0.1, -0.05) is 40.2 Å². The van der Waals surface area contributed by atoms with E-state index in [2.05, 4.69) is 28.1 Å². The molecule has 3 aliphatic carbocycles. The van der Waals surface area contributed by atoms with Gasteiger partial charge in [-0.05, 0) is 83.0 Å². The lowest BCUT2D eigenvalue weighted by atomic mass is 9.86. The van der Waals surface area contributed by atoms with Crippen LogP contribution in [0.3, 0.4) is 0 Å². The maximum atomic E-state index is 11.1. The van der Waals surface area contributed by atoms with E-state index in [1.165, 1.54) is 27.8 Å². The molecule has 3 aromatic carbocycles. The number of benzene rings is 3. The van der Waals surface area contributed by atoms with Crippen LogP contribution in [-0.4, -0.2) is 36.9 Å². The van der Waals surface area contributed by atoms with Crippen molar-refractivity contribution in [1.82, 2.24) is 0 Å². The minimum Gasteiger partial charge on any atom is -0.347 e. The molecule has 1 spiro atoms. The van der Waals surface area contributed by atoms with Gasteiger partial charge in [0.2, 0.25) is 0 Å². The van der Waals surface area contributed by atoms with E-state index in [1.807, 2.05) is 42.5 Å². The summed E-state index contributed by atoms with van der Waals surface area (Å²) in [7, 11) is 0. The number of nitrogens with zero attached hydrogens (tertiary/aromatic N) is 1. The second-order valence-electron chi connectivity index (χ2n) is 10.9. The lowest BCUT2D eigenvalue weighted by molar-refractivity contribution is -0.163. The topological polar surface area (TPSA) is 93.5 Å². The second-order valence-corrected chi connectivity index (χ2v) is 11.8. The van der Waals surface area contributed by atoms with E-state index in [4.69, 9.17) is 14.7 Å². The van der Waals surface area contributed by atoms with Gasteiger partial charge >= 0.3 is 0 Å². The zero-order valence-electron chi connectivity index (χ0n) is 22.9. The molecular weight excluding hydrogens is 582 g/mol. The Balaban J connectivity index is 0.000000125. The molecule has 0 bridgehead atoms. The van der Waals surface area contributed by atoms with Crippen molar-refractivity contribution in [3.63, 3.8) is 0 Å². The number of hydrogen-bond acceptors (Lipinski definition) is 6. The number of Topliss-reactive ketones (excluding diaryl/α,β-unsaturated/α-hetero) is 2. The Kier molecular flexibility index (Phi) is 9.24. The summed E-state index contributed by atoms with van der Waals surface area (Å²) in [5.41, 5.74) is 8.73. The highest BCUT2D eigenvalue weighted by Crippen LogP contribution is 2.35. The van der Waals surface area contributed by atoms with E-state index in [1.54, 1.807) is 6.07 Å². The standard InChI is InChI=1S/C13H14O3.C11H9NO.C10H9BrO/c14-9-10-1-2-12-8-13(15-5-6-16-13)4-3-11(12)7-10;12-7-8-1-2-10-6-11(13)4-3-9(10)5-8;11-9-3-1-8-6-10(12)4-2-7(8)5-9/h1-2,7,9H,3-6,8H2;1-2,5H,3-4,6H2;1,3,5H,2,4,6H2. The highest BCUT2D eigenvalue weighted by atomic mass is 79.9. The summed E-state index contributed by atoms with van der Waals surface area (Å²) in [5.74, 6) is 0.289. The van der Waals surface area contributed by atoms with E-state index < -0.39 is 0 Å². The van der Waals surface area contributed by atoms with Crippen LogP contribution in [0.1, 0.15) is 68.6 Å². The number of halogens is 1. The molecule has 7 rings (SSSR count).